The molecule has 1 aliphatic heterocycles. The van der Waals surface area contributed by atoms with Crippen LogP contribution in [0.2, 0.25) is 0 Å². The number of hydrogen-bond acceptors (Lipinski definition) is 7. The molecule has 2 aliphatic rings. The number of non-ortho nitro benzene ring substituents is 1. The van der Waals surface area contributed by atoms with Crippen LogP contribution in [0.5, 0.6) is 0 Å². The van der Waals surface area contributed by atoms with E-state index >= 15 is 0 Å². The third-order valence-corrected chi connectivity index (χ3v) is 9.01. The Hall–Kier alpha value is -2.83. The highest BCUT2D eigenvalue weighted by Gasteiger charge is 2.34. The normalized spacial score (nSPS) is 17.1. The third kappa shape index (κ3) is 4.77. The van der Waals surface area contributed by atoms with Crippen LogP contribution in [0.3, 0.4) is 0 Å². The van der Waals surface area contributed by atoms with E-state index in [1.54, 1.807) is 17.9 Å². The third-order valence-electron chi connectivity index (χ3n) is 5.83. The van der Waals surface area contributed by atoms with Crippen molar-refractivity contribution in [2.75, 3.05) is 31.5 Å². The van der Waals surface area contributed by atoms with Crippen LogP contribution in [-0.2, 0) is 14.8 Å². The van der Waals surface area contributed by atoms with Gasteiger partial charge in [0.25, 0.3) is 11.6 Å². The monoisotopic (exact) mass is 492 g/mol. The summed E-state index contributed by atoms with van der Waals surface area (Å²) in [4.78, 5) is 37.5. The molecule has 1 aromatic heterocycles. The molecule has 0 atom stereocenters. The van der Waals surface area contributed by atoms with Crippen molar-refractivity contribution in [3.05, 3.63) is 50.4 Å². The van der Waals surface area contributed by atoms with Gasteiger partial charge < -0.3 is 10.2 Å². The zero-order valence-electron chi connectivity index (χ0n) is 18.2. The van der Waals surface area contributed by atoms with E-state index in [0.29, 0.717) is 15.4 Å². The Labute approximate surface area is 195 Å². The number of nitrogens with zero attached hydrogens (tertiary/aromatic N) is 3. The van der Waals surface area contributed by atoms with E-state index in [9.17, 15) is 28.1 Å². The highest BCUT2D eigenvalue weighted by atomic mass is 32.2. The highest BCUT2D eigenvalue weighted by Crippen LogP contribution is 2.33. The molecule has 1 saturated heterocycles. The maximum absolute atomic E-state index is 13.1. The first-order chi connectivity index (χ1) is 15.6. The topological polar surface area (TPSA) is 130 Å². The smallest absolute Gasteiger partial charge is 0.270 e. The molecule has 1 saturated carbocycles. The number of aryl methyl sites for hydroxylation is 2. The van der Waals surface area contributed by atoms with Gasteiger partial charge in [0.15, 0.2) is 0 Å². The molecule has 4 rings (SSSR count). The average Bonchev–Trinajstić information content (AvgIpc) is 3.57. The lowest BCUT2D eigenvalue weighted by molar-refractivity contribution is -0.385. The van der Waals surface area contributed by atoms with Crippen molar-refractivity contribution >= 4 is 43.9 Å². The van der Waals surface area contributed by atoms with Crippen molar-refractivity contribution in [2.45, 2.75) is 31.6 Å². The van der Waals surface area contributed by atoms with E-state index in [4.69, 9.17) is 0 Å². The van der Waals surface area contributed by atoms with Gasteiger partial charge >= 0.3 is 0 Å². The number of hydrogen-bond donors (Lipinski definition) is 1. The van der Waals surface area contributed by atoms with Crippen LogP contribution in [0.15, 0.2) is 29.2 Å². The number of sulfonamides is 1. The number of amides is 2. The number of nitro benzene ring substituents is 1. The molecule has 12 heteroatoms. The summed E-state index contributed by atoms with van der Waals surface area (Å²) in [6.07, 6.45) is 1.79. The number of benzene rings is 1. The van der Waals surface area contributed by atoms with Crippen molar-refractivity contribution < 1.29 is 22.9 Å². The molecule has 1 N–H and O–H groups in total. The Bertz CT molecular complexity index is 1230. The Morgan fingerprint density at radius 1 is 1.09 bits per heavy atom. The van der Waals surface area contributed by atoms with E-state index in [0.717, 1.165) is 24.5 Å². The minimum atomic E-state index is -3.94. The number of nitrogens with one attached hydrogen (secondary N) is 1. The van der Waals surface area contributed by atoms with E-state index < -0.39 is 14.9 Å². The second-order valence-corrected chi connectivity index (χ2v) is 11.2. The van der Waals surface area contributed by atoms with Gasteiger partial charge in [0.05, 0.1) is 19.7 Å². The van der Waals surface area contributed by atoms with Gasteiger partial charge in [-0.2, -0.15) is 4.31 Å². The van der Waals surface area contributed by atoms with Crippen LogP contribution in [0.4, 0.5) is 10.7 Å². The lowest BCUT2D eigenvalue weighted by Gasteiger charge is -2.34. The van der Waals surface area contributed by atoms with Gasteiger partial charge in [-0.1, -0.05) is 6.07 Å². The summed E-state index contributed by atoms with van der Waals surface area (Å²) >= 11 is 1.23. The fourth-order valence-corrected chi connectivity index (χ4v) is 6.43. The summed E-state index contributed by atoms with van der Waals surface area (Å²) in [7, 11) is -3.94. The fourth-order valence-electron chi connectivity index (χ4n) is 3.72. The quantitative estimate of drug-likeness (QED) is 0.487. The molecule has 10 nitrogen and oxygen atoms in total. The Balaban J connectivity index is 1.44. The minimum Gasteiger partial charge on any atom is -0.335 e. The first-order valence-electron chi connectivity index (χ1n) is 10.5. The van der Waals surface area contributed by atoms with Crippen LogP contribution in [0.25, 0.3) is 0 Å². The lowest BCUT2D eigenvalue weighted by atomic mass is 10.2. The van der Waals surface area contributed by atoms with E-state index in [1.165, 1.54) is 27.8 Å². The van der Waals surface area contributed by atoms with Gasteiger partial charge in [-0.15, -0.1) is 11.3 Å². The molecule has 0 bridgehead atoms. The van der Waals surface area contributed by atoms with Crippen LogP contribution in [-0.4, -0.2) is 60.5 Å². The summed E-state index contributed by atoms with van der Waals surface area (Å²) in [6, 6.07) is 5.55. The maximum Gasteiger partial charge on any atom is 0.270 e. The summed E-state index contributed by atoms with van der Waals surface area (Å²) < 4.78 is 27.5. The molecule has 0 radical (unpaired) electrons. The molecule has 176 valence electrons. The van der Waals surface area contributed by atoms with Crippen molar-refractivity contribution in [1.29, 1.82) is 0 Å². The molecule has 2 amide bonds. The Kier molecular flexibility index (Phi) is 6.25. The number of rotatable bonds is 6. The van der Waals surface area contributed by atoms with Crippen molar-refractivity contribution in [3.63, 3.8) is 0 Å². The number of carbonyl (C=O) groups is 2. The van der Waals surface area contributed by atoms with Crippen molar-refractivity contribution in [3.8, 4) is 0 Å². The second kappa shape index (κ2) is 8.84. The number of carbonyl (C=O) groups excluding carboxylic acids is 2. The van der Waals surface area contributed by atoms with E-state index in [-0.39, 0.29) is 54.5 Å². The van der Waals surface area contributed by atoms with Crippen molar-refractivity contribution in [1.82, 2.24) is 9.21 Å². The first kappa shape index (κ1) is 23.3. The number of piperazine rings is 1. The molecule has 1 aliphatic carbocycles. The molecule has 2 fully saturated rings. The zero-order valence-corrected chi connectivity index (χ0v) is 19.9. The van der Waals surface area contributed by atoms with E-state index in [1.807, 2.05) is 6.92 Å². The van der Waals surface area contributed by atoms with Gasteiger partial charge in [-0.05, 0) is 43.9 Å². The van der Waals surface area contributed by atoms with E-state index in [2.05, 4.69) is 5.32 Å². The number of thiophene rings is 1. The Morgan fingerprint density at radius 2 is 1.76 bits per heavy atom. The summed E-state index contributed by atoms with van der Waals surface area (Å²) in [5, 5.41) is 14.6. The molecule has 0 unspecified atom stereocenters. The van der Waals surface area contributed by atoms with Crippen LogP contribution >= 0.6 is 11.3 Å². The molecule has 2 aromatic rings. The average molecular weight is 493 g/mol. The fraction of sp³-hybridized carbons (Fsp3) is 0.429. The molecule has 1 aromatic carbocycles. The molecule has 0 spiro atoms. The summed E-state index contributed by atoms with van der Waals surface area (Å²) in [5.41, 5.74) is 0.901. The standard InChI is InChI=1S/C21H24N4O6S2/c1-13-3-6-16(25(28)29)12-17(13)33(30,31)24-9-7-23(8-10-24)21(27)19-14(2)11-18(32-19)22-20(26)15-4-5-15/h3,6,11-12,15H,4-5,7-10H2,1-2H3,(H,22,26). The SMILES string of the molecule is Cc1ccc([N+](=O)[O-])cc1S(=O)(=O)N1CCN(C(=O)c2sc(NC(=O)C3CC3)cc2C)CC1. The number of anilines is 1. The Morgan fingerprint density at radius 3 is 2.36 bits per heavy atom. The minimum absolute atomic E-state index is 0.0227. The predicted octanol–water partition coefficient (Wildman–Crippen LogP) is 2.77. The first-order valence-corrected chi connectivity index (χ1v) is 12.8. The molecule has 33 heavy (non-hydrogen) atoms. The largest absolute Gasteiger partial charge is 0.335 e. The lowest BCUT2D eigenvalue weighted by Crippen LogP contribution is -2.50. The van der Waals surface area contributed by atoms with Crippen LogP contribution < -0.4 is 5.32 Å². The predicted molar refractivity (Wildman–Crippen MR) is 123 cm³/mol. The molecule has 2 heterocycles. The van der Waals surface area contributed by atoms with Gasteiger partial charge in [0.2, 0.25) is 15.9 Å². The van der Waals surface area contributed by atoms with Crippen LogP contribution in [0.1, 0.15) is 33.6 Å². The summed E-state index contributed by atoms with van der Waals surface area (Å²) in [6.45, 7) is 3.98. The number of nitro groups is 1. The van der Waals surface area contributed by atoms with Gasteiger partial charge in [-0.25, -0.2) is 8.42 Å². The van der Waals surface area contributed by atoms with Gasteiger partial charge in [0.1, 0.15) is 0 Å². The zero-order chi connectivity index (χ0) is 23.9. The second-order valence-electron chi connectivity index (χ2n) is 8.29. The summed E-state index contributed by atoms with van der Waals surface area (Å²) in [5.74, 6) is -0.158. The van der Waals surface area contributed by atoms with Crippen molar-refractivity contribution in [2.24, 2.45) is 5.92 Å². The van der Waals surface area contributed by atoms with Gasteiger partial charge in [0, 0.05) is 44.2 Å². The highest BCUT2D eigenvalue weighted by molar-refractivity contribution is 7.89. The maximum atomic E-state index is 13.1. The molecular formula is C21H24N4O6S2. The molecular weight excluding hydrogens is 468 g/mol. The van der Waals surface area contributed by atoms with Crippen LogP contribution in [0, 0.1) is 29.9 Å². The van der Waals surface area contributed by atoms with Gasteiger partial charge in [-0.3, -0.25) is 19.7 Å².